The van der Waals surface area contributed by atoms with Gasteiger partial charge in [-0.2, -0.15) is 0 Å². The summed E-state index contributed by atoms with van der Waals surface area (Å²) in [5.74, 6) is 0.323. The van der Waals surface area contributed by atoms with E-state index in [-0.39, 0.29) is 13.1 Å². The van der Waals surface area contributed by atoms with E-state index in [4.69, 9.17) is 4.74 Å². The molecule has 1 saturated heterocycles. The molecule has 2 aliphatic rings. The lowest BCUT2D eigenvalue weighted by atomic mass is 9.94. The van der Waals surface area contributed by atoms with Crippen molar-refractivity contribution >= 4 is 27.5 Å². The number of alkyl halides is 3. The molecule has 3 unspecified atom stereocenters. The van der Waals surface area contributed by atoms with Gasteiger partial charge in [-0.1, -0.05) is 24.3 Å². The van der Waals surface area contributed by atoms with Crippen molar-refractivity contribution in [3.05, 3.63) is 72.8 Å². The highest BCUT2D eigenvalue weighted by atomic mass is 32.2. The number of anilines is 2. The van der Waals surface area contributed by atoms with E-state index in [2.05, 4.69) is 9.46 Å². The van der Waals surface area contributed by atoms with E-state index in [1.807, 2.05) is 0 Å². The van der Waals surface area contributed by atoms with Crippen LogP contribution in [-0.2, 0) is 10.0 Å². The van der Waals surface area contributed by atoms with Crippen LogP contribution in [0.1, 0.15) is 0 Å². The van der Waals surface area contributed by atoms with Gasteiger partial charge in [-0.15, -0.1) is 13.2 Å². The predicted molar refractivity (Wildman–Crippen MR) is 132 cm³/mol. The van der Waals surface area contributed by atoms with Gasteiger partial charge in [0.1, 0.15) is 5.75 Å². The minimum absolute atomic E-state index is 0.152. The summed E-state index contributed by atoms with van der Waals surface area (Å²) >= 11 is 0. The number of piperidine rings is 1. The molecule has 10 nitrogen and oxygen atoms in total. The van der Waals surface area contributed by atoms with Gasteiger partial charge in [0.05, 0.1) is 34.5 Å². The Morgan fingerprint density at radius 2 is 1.51 bits per heavy atom. The van der Waals surface area contributed by atoms with Crippen LogP contribution in [0.15, 0.2) is 77.7 Å². The Kier molecular flexibility index (Phi) is 6.78. The summed E-state index contributed by atoms with van der Waals surface area (Å²) in [6.45, 7) is -0.518. The minimum Gasteiger partial charge on any atom is -0.465 e. The van der Waals surface area contributed by atoms with Crippen LogP contribution >= 0.6 is 0 Å². The first-order valence-corrected chi connectivity index (χ1v) is 13.1. The molecule has 0 saturated carbocycles. The lowest BCUT2D eigenvalue weighted by Gasteiger charge is -2.47. The number of halogens is 3. The molecule has 3 N–H and O–H groups in total. The van der Waals surface area contributed by atoms with Gasteiger partial charge < -0.3 is 29.5 Å². The molecule has 3 atom stereocenters. The number of aliphatic hydroxyl groups is 1. The van der Waals surface area contributed by atoms with E-state index < -0.39 is 51.3 Å². The molecular formula is C25H22F3N3O7S. The van der Waals surface area contributed by atoms with Gasteiger partial charge in [-0.25, -0.2) is 17.9 Å². The summed E-state index contributed by atoms with van der Waals surface area (Å²) in [6.07, 6.45) is -7.67. The summed E-state index contributed by atoms with van der Waals surface area (Å²) in [7, 11) is -4.39. The molecule has 14 heteroatoms. The number of carboxylic acid groups (broad SMARTS) is 1. The van der Waals surface area contributed by atoms with Gasteiger partial charge in [-0.05, 0) is 48.5 Å². The number of carbonyl (C=O) groups is 1. The highest BCUT2D eigenvalue weighted by molar-refractivity contribution is 7.89. The van der Waals surface area contributed by atoms with Gasteiger partial charge in [0.15, 0.2) is 11.5 Å². The van der Waals surface area contributed by atoms with Crippen LogP contribution in [0.25, 0.3) is 0 Å². The topological polar surface area (TPSA) is 129 Å². The number of sulfonamides is 1. The summed E-state index contributed by atoms with van der Waals surface area (Å²) < 4.78 is 75.7. The van der Waals surface area contributed by atoms with E-state index in [0.717, 1.165) is 29.2 Å². The van der Waals surface area contributed by atoms with Crippen molar-refractivity contribution in [3.63, 3.8) is 0 Å². The summed E-state index contributed by atoms with van der Waals surface area (Å²) in [4.78, 5) is 14.4. The second-order valence-corrected chi connectivity index (χ2v) is 10.6. The van der Waals surface area contributed by atoms with Crippen molar-refractivity contribution in [2.45, 2.75) is 29.4 Å². The van der Waals surface area contributed by atoms with E-state index in [1.165, 1.54) is 0 Å². The number of rotatable bonds is 5. The Balaban J connectivity index is 1.47. The summed E-state index contributed by atoms with van der Waals surface area (Å²) in [5.41, 5.74) is 1.10. The Morgan fingerprint density at radius 1 is 0.949 bits per heavy atom. The quantitative estimate of drug-likeness (QED) is 0.425. The number of fused-ring (bicyclic) bond motifs is 2. The third-order valence-electron chi connectivity index (χ3n) is 6.38. The van der Waals surface area contributed by atoms with Crippen molar-refractivity contribution in [2.75, 3.05) is 18.0 Å². The molecule has 1 fully saturated rings. The third kappa shape index (κ3) is 5.44. The van der Waals surface area contributed by atoms with Crippen molar-refractivity contribution in [2.24, 2.45) is 0 Å². The molecule has 0 bridgehead atoms. The Labute approximate surface area is 220 Å². The van der Waals surface area contributed by atoms with Gasteiger partial charge in [0, 0.05) is 13.1 Å². The number of aliphatic hydroxyl groups excluding tert-OH is 1. The lowest BCUT2D eigenvalue weighted by Crippen LogP contribution is -2.65. The Morgan fingerprint density at radius 3 is 2.05 bits per heavy atom. The molecule has 0 spiro atoms. The zero-order chi connectivity index (χ0) is 27.9. The smallest absolute Gasteiger partial charge is 0.465 e. The lowest BCUT2D eigenvalue weighted by molar-refractivity contribution is -0.274. The number of hydrogen-bond donors (Lipinski definition) is 3. The Bertz CT molecular complexity index is 1440. The van der Waals surface area contributed by atoms with E-state index in [0.29, 0.717) is 22.9 Å². The monoisotopic (exact) mass is 565 g/mol. The predicted octanol–water partition coefficient (Wildman–Crippen LogP) is 3.90. The van der Waals surface area contributed by atoms with E-state index in [9.17, 15) is 36.6 Å². The van der Waals surface area contributed by atoms with Crippen molar-refractivity contribution < 1.29 is 46.1 Å². The number of nitrogens with zero attached hydrogens (tertiary/aromatic N) is 2. The zero-order valence-electron chi connectivity index (χ0n) is 19.9. The fraction of sp³-hybridized carbons (Fsp3) is 0.240. The number of hydrogen-bond acceptors (Lipinski definition) is 7. The van der Waals surface area contributed by atoms with Crippen LogP contribution in [0.4, 0.5) is 29.3 Å². The zero-order valence-corrected chi connectivity index (χ0v) is 20.8. The second kappa shape index (κ2) is 9.94. The van der Waals surface area contributed by atoms with Crippen molar-refractivity contribution in [1.29, 1.82) is 0 Å². The maximum atomic E-state index is 13.1. The number of ether oxygens (including phenoxy) is 2. The third-order valence-corrected chi connectivity index (χ3v) is 7.88. The van der Waals surface area contributed by atoms with Gasteiger partial charge >= 0.3 is 12.5 Å². The second-order valence-electron chi connectivity index (χ2n) is 8.90. The first-order valence-electron chi connectivity index (χ1n) is 11.6. The molecule has 3 aromatic rings. The standard InChI is InChI=1S/C25H22F3N3O7S/c26-25(27,28)38-15-9-11-16(12-10-15)39(35,36)29-17-13-30(24(33)34)14-20(23(17)32)31-18-5-1-3-7-21(18)37-22-8-4-2-6-19(22)31/h1-12,17,20,23,29,32H,13-14H2,(H,33,34). The fourth-order valence-electron chi connectivity index (χ4n) is 4.70. The van der Waals surface area contributed by atoms with Gasteiger partial charge in [0.25, 0.3) is 0 Å². The van der Waals surface area contributed by atoms with Crippen LogP contribution < -0.4 is 19.1 Å². The molecule has 206 valence electrons. The molecule has 5 rings (SSSR count). The highest BCUT2D eigenvalue weighted by Gasteiger charge is 2.45. The number of amides is 1. The summed E-state index contributed by atoms with van der Waals surface area (Å²) in [5, 5.41) is 21.2. The van der Waals surface area contributed by atoms with Crippen LogP contribution in [0.5, 0.6) is 17.2 Å². The number of para-hydroxylation sites is 4. The van der Waals surface area contributed by atoms with Crippen molar-refractivity contribution in [3.8, 4) is 17.2 Å². The van der Waals surface area contributed by atoms with Gasteiger partial charge in [0.2, 0.25) is 10.0 Å². The largest absolute Gasteiger partial charge is 0.573 e. The average molecular weight is 566 g/mol. The molecule has 3 aromatic carbocycles. The SMILES string of the molecule is O=C(O)N1CC(NS(=O)(=O)c2ccc(OC(F)(F)F)cc2)C(O)C(N2c3ccccc3Oc3ccccc32)C1. The summed E-state index contributed by atoms with van der Waals surface area (Å²) in [6, 6.07) is 15.2. The first kappa shape index (κ1) is 26.6. The molecular weight excluding hydrogens is 543 g/mol. The van der Waals surface area contributed by atoms with E-state index in [1.54, 1.807) is 53.4 Å². The minimum atomic E-state index is -4.95. The maximum Gasteiger partial charge on any atom is 0.573 e. The molecule has 1 amide bonds. The Hall–Kier alpha value is -4.01. The van der Waals surface area contributed by atoms with Crippen molar-refractivity contribution in [1.82, 2.24) is 9.62 Å². The number of benzene rings is 3. The molecule has 0 aromatic heterocycles. The number of nitrogens with one attached hydrogen (secondary N) is 1. The van der Waals surface area contributed by atoms with Crippen LogP contribution in [0, 0.1) is 0 Å². The number of likely N-dealkylation sites (tertiary alicyclic amines) is 1. The van der Waals surface area contributed by atoms with Gasteiger partial charge in [-0.3, -0.25) is 0 Å². The average Bonchev–Trinajstić information content (AvgIpc) is 2.88. The normalized spacial score (nSPS) is 21.0. The molecule has 2 heterocycles. The van der Waals surface area contributed by atoms with E-state index >= 15 is 0 Å². The van der Waals surface area contributed by atoms with Crippen LogP contribution in [0.2, 0.25) is 0 Å². The first-order chi connectivity index (χ1) is 18.4. The van der Waals surface area contributed by atoms with Crippen LogP contribution in [0.3, 0.4) is 0 Å². The molecule has 0 radical (unpaired) electrons. The maximum absolute atomic E-state index is 13.1. The fourth-order valence-corrected chi connectivity index (χ4v) is 5.94. The molecule has 39 heavy (non-hydrogen) atoms. The van der Waals surface area contributed by atoms with Crippen LogP contribution in [-0.4, -0.2) is 67.3 Å². The molecule has 0 aliphatic carbocycles. The molecule has 2 aliphatic heterocycles. The highest BCUT2D eigenvalue weighted by Crippen LogP contribution is 2.48.